The summed E-state index contributed by atoms with van der Waals surface area (Å²) in [5, 5.41) is 55.6. The number of benzene rings is 1. The number of hydrogen-bond acceptors (Lipinski definition) is 11. The third-order valence-electron chi connectivity index (χ3n) is 9.44. The molecule has 0 amide bonds. The van der Waals surface area contributed by atoms with Crippen molar-refractivity contribution in [1.29, 1.82) is 0 Å². The summed E-state index contributed by atoms with van der Waals surface area (Å²) >= 11 is 0. The minimum Gasteiger partial charge on any atom is -0.479 e. The molecular weight excluding hydrogens is 644 g/mol. The highest BCUT2D eigenvalue weighted by molar-refractivity contribution is 6.02. The molecule has 0 spiro atoms. The lowest BCUT2D eigenvalue weighted by atomic mass is 9.61. The third kappa shape index (κ3) is 6.74. The maximum atomic E-state index is 13.5. The van der Waals surface area contributed by atoms with Crippen molar-refractivity contribution in [2.45, 2.75) is 114 Å². The van der Waals surface area contributed by atoms with Crippen LogP contribution in [0.3, 0.4) is 0 Å². The molecule has 0 saturated carbocycles. The molecule has 14 heteroatoms. The van der Waals surface area contributed by atoms with E-state index < -0.39 is 70.7 Å². The summed E-state index contributed by atoms with van der Waals surface area (Å²) in [7, 11) is 0. The van der Waals surface area contributed by atoms with Crippen LogP contribution in [0.25, 0.3) is 0 Å². The molecule has 2 fully saturated rings. The van der Waals surface area contributed by atoms with Gasteiger partial charge in [0, 0.05) is 13.0 Å². The summed E-state index contributed by atoms with van der Waals surface area (Å²) in [6.45, 7) is 9.89. The van der Waals surface area contributed by atoms with Crippen LogP contribution in [0.4, 0.5) is 0 Å². The zero-order chi connectivity index (χ0) is 36.8. The molecule has 3 rings (SSSR count). The van der Waals surface area contributed by atoms with Crippen LogP contribution in [-0.4, -0.2) is 89.9 Å². The first kappa shape index (κ1) is 39.3. The molecule has 2 saturated heterocycles. The predicted octanol–water partition coefficient (Wildman–Crippen LogP) is 3.38. The lowest BCUT2D eigenvalue weighted by Gasteiger charge is -2.54. The Morgan fingerprint density at radius 3 is 2.10 bits per heavy atom. The topological polar surface area (TPSA) is 223 Å². The lowest BCUT2D eigenvalue weighted by Crippen LogP contribution is -2.85. The van der Waals surface area contributed by atoms with E-state index in [4.69, 9.17) is 18.9 Å². The molecule has 5 N–H and O–H groups in total. The van der Waals surface area contributed by atoms with E-state index in [0.717, 1.165) is 25.0 Å². The van der Waals surface area contributed by atoms with Gasteiger partial charge in [-0.25, -0.2) is 19.2 Å². The number of aryl methyl sites for hydroxylation is 1. The Hall–Kier alpha value is -4.11. The van der Waals surface area contributed by atoms with Crippen LogP contribution in [0.1, 0.15) is 78.2 Å². The summed E-state index contributed by atoms with van der Waals surface area (Å²) in [6, 6.07) is 9.56. The number of aliphatic hydroxyl groups is 2. The number of allylic oxidation sites excluding steroid dienone is 1. The standard InChI is InChI=1S/C35H46O14/c1-6-22(3)21-23(4)18-19-26(37)47-32(20-14-9-8-11-15-25-16-12-10-13-17-25)27(38)35(46-24(5)36)48-31(7-2,28(39)40)33(45,29(41)42)34(32,49-35)30(43)44/h7,10,12-13,16-19,22-23,27,38,45H,2,6,8-9,11,14-15,20-21H2,1,3-5H3,(H,39,40)(H,41,42)(H,43,44)/t22-,23+,27+,31+,32+,33-,34-,35-/m0/s1. The highest BCUT2D eigenvalue weighted by Crippen LogP contribution is 2.64. The quantitative estimate of drug-likeness (QED) is 0.0645. The first-order valence-corrected chi connectivity index (χ1v) is 16.2. The van der Waals surface area contributed by atoms with Gasteiger partial charge in [-0.15, -0.1) is 0 Å². The van der Waals surface area contributed by atoms with Gasteiger partial charge in [-0.05, 0) is 55.6 Å². The van der Waals surface area contributed by atoms with E-state index in [0.29, 0.717) is 32.1 Å². The monoisotopic (exact) mass is 690 g/mol. The number of fused-ring (bicyclic) bond motifs is 2. The van der Waals surface area contributed by atoms with E-state index in [-0.39, 0.29) is 24.3 Å². The van der Waals surface area contributed by atoms with Crippen molar-refractivity contribution in [2.24, 2.45) is 11.8 Å². The number of rotatable bonds is 18. The van der Waals surface area contributed by atoms with Gasteiger partial charge in [0.1, 0.15) is 0 Å². The van der Waals surface area contributed by atoms with E-state index in [2.05, 4.69) is 6.58 Å². The number of carbonyl (C=O) groups excluding carboxylic acids is 2. The van der Waals surface area contributed by atoms with Gasteiger partial charge in [0.05, 0.1) is 0 Å². The molecule has 2 heterocycles. The van der Waals surface area contributed by atoms with E-state index in [1.165, 1.54) is 6.08 Å². The average Bonchev–Trinajstić information content (AvgIpc) is 3.22. The van der Waals surface area contributed by atoms with Crippen molar-refractivity contribution in [3.63, 3.8) is 0 Å². The second-order valence-corrected chi connectivity index (χ2v) is 12.8. The Morgan fingerprint density at radius 2 is 1.57 bits per heavy atom. The molecule has 14 nitrogen and oxygen atoms in total. The molecule has 270 valence electrons. The van der Waals surface area contributed by atoms with Crippen LogP contribution >= 0.6 is 0 Å². The van der Waals surface area contributed by atoms with E-state index in [9.17, 15) is 49.5 Å². The SMILES string of the molecule is C=C[C@]1(C(=O)O)O[C@]2(OC(C)=O)O[C@](C(=O)O)([C@]1(O)C(=O)O)[C@](CCCCCCc1ccccc1)(OC(=O)C=C[C@@H](C)C[C@@H](C)CC)[C@H]2O. The first-order valence-electron chi connectivity index (χ1n) is 16.2. The summed E-state index contributed by atoms with van der Waals surface area (Å²) in [5.41, 5.74) is -13.7. The van der Waals surface area contributed by atoms with Crippen LogP contribution in [0, 0.1) is 11.8 Å². The first-order chi connectivity index (χ1) is 22.9. The summed E-state index contributed by atoms with van der Waals surface area (Å²) in [5.74, 6) is -13.0. The average molecular weight is 691 g/mol. The number of carboxylic acid groups (broad SMARTS) is 3. The zero-order valence-electron chi connectivity index (χ0n) is 28.1. The largest absolute Gasteiger partial charge is 0.479 e. The van der Waals surface area contributed by atoms with Gasteiger partial charge in [-0.2, -0.15) is 0 Å². The van der Waals surface area contributed by atoms with E-state index in [1.54, 1.807) is 0 Å². The Labute approximate surface area is 284 Å². The molecule has 1 aromatic carbocycles. The van der Waals surface area contributed by atoms with Crippen molar-refractivity contribution in [2.75, 3.05) is 0 Å². The molecule has 0 unspecified atom stereocenters. The maximum absolute atomic E-state index is 13.5. The minimum absolute atomic E-state index is 0.0638. The van der Waals surface area contributed by atoms with Gasteiger partial charge in [0.25, 0.3) is 11.2 Å². The number of ether oxygens (including phenoxy) is 4. The molecule has 2 aliphatic heterocycles. The molecule has 0 aromatic heterocycles. The summed E-state index contributed by atoms with van der Waals surface area (Å²) < 4.78 is 21.7. The highest BCUT2D eigenvalue weighted by atomic mass is 16.9. The summed E-state index contributed by atoms with van der Waals surface area (Å²) in [4.78, 5) is 65.2. The minimum atomic E-state index is -4.19. The molecule has 49 heavy (non-hydrogen) atoms. The van der Waals surface area contributed by atoms with Crippen molar-refractivity contribution in [3.05, 3.63) is 60.7 Å². The maximum Gasteiger partial charge on any atom is 0.363 e. The van der Waals surface area contributed by atoms with Crippen LogP contribution in [0.15, 0.2) is 55.1 Å². The van der Waals surface area contributed by atoms with Gasteiger partial charge < -0.3 is 35.0 Å². The summed E-state index contributed by atoms with van der Waals surface area (Å²) in [6.07, 6.45) is 3.01. The Morgan fingerprint density at radius 1 is 0.939 bits per heavy atom. The van der Waals surface area contributed by atoms with E-state index >= 15 is 0 Å². The second-order valence-electron chi connectivity index (χ2n) is 12.8. The number of aliphatic hydroxyl groups excluding tert-OH is 1. The van der Waals surface area contributed by atoms with Gasteiger partial charge in [0.2, 0.25) is 5.60 Å². The fourth-order valence-electron chi connectivity index (χ4n) is 6.85. The highest BCUT2D eigenvalue weighted by Gasteiger charge is 2.95. The molecular formula is C35H46O14. The van der Waals surface area contributed by atoms with Crippen molar-refractivity contribution in [3.8, 4) is 0 Å². The number of carboxylic acids is 3. The van der Waals surface area contributed by atoms with Gasteiger partial charge >= 0.3 is 35.8 Å². The molecule has 8 atom stereocenters. The van der Waals surface area contributed by atoms with Gasteiger partial charge in [-0.1, -0.05) is 83.0 Å². The predicted molar refractivity (Wildman–Crippen MR) is 171 cm³/mol. The fraction of sp³-hybridized carbons (Fsp3) is 0.571. The van der Waals surface area contributed by atoms with Crippen LogP contribution in [-0.2, 0) is 49.3 Å². The van der Waals surface area contributed by atoms with Crippen molar-refractivity contribution < 1.29 is 68.5 Å². The number of hydrogen-bond donors (Lipinski definition) is 5. The number of unbranched alkanes of at least 4 members (excludes halogenated alkanes) is 3. The van der Waals surface area contributed by atoms with Crippen molar-refractivity contribution in [1.82, 2.24) is 0 Å². The Kier molecular flexibility index (Phi) is 12.2. The molecule has 0 aliphatic carbocycles. The van der Waals surface area contributed by atoms with E-state index in [1.807, 2.05) is 51.1 Å². The molecule has 1 aromatic rings. The molecule has 2 bridgehead atoms. The van der Waals surface area contributed by atoms with Crippen LogP contribution in [0.5, 0.6) is 0 Å². The molecule has 0 radical (unpaired) electrons. The smallest absolute Gasteiger partial charge is 0.363 e. The lowest BCUT2D eigenvalue weighted by molar-refractivity contribution is -0.459. The Balaban J connectivity index is 2.20. The fourth-order valence-corrected chi connectivity index (χ4v) is 6.85. The van der Waals surface area contributed by atoms with Crippen LogP contribution in [0.2, 0.25) is 0 Å². The number of aliphatic carboxylic acids is 3. The van der Waals surface area contributed by atoms with Crippen molar-refractivity contribution >= 4 is 29.8 Å². The number of carbonyl (C=O) groups is 5. The second kappa shape index (κ2) is 15.2. The number of esters is 2. The Bertz CT molecular complexity index is 1440. The normalized spacial score (nSPS) is 31.8. The third-order valence-corrected chi connectivity index (χ3v) is 9.44. The molecule has 2 aliphatic rings. The van der Waals surface area contributed by atoms with Gasteiger partial charge in [0.15, 0.2) is 11.7 Å². The van der Waals surface area contributed by atoms with Crippen LogP contribution < -0.4 is 0 Å². The van der Waals surface area contributed by atoms with Gasteiger partial charge in [-0.3, -0.25) is 14.3 Å². The zero-order valence-corrected chi connectivity index (χ0v) is 28.1.